The standard InChI is InChI=1S/C9H18F3NO.Ni/c1-5-13(6-2)7(3)8(4,14)9(10,11)12;/h7,14H,5-6H2,1-4H3;. The fourth-order valence-electron chi connectivity index (χ4n) is 1.36. The minimum atomic E-state index is -4.59. The molecule has 2 unspecified atom stereocenters. The van der Waals surface area contributed by atoms with E-state index in [0.29, 0.717) is 13.1 Å². The summed E-state index contributed by atoms with van der Waals surface area (Å²) in [4.78, 5) is 1.58. The van der Waals surface area contributed by atoms with Crippen LogP contribution in [0.15, 0.2) is 0 Å². The van der Waals surface area contributed by atoms with E-state index in [4.69, 9.17) is 0 Å². The normalized spacial score (nSPS) is 18.2. The third kappa shape index (κ3) is 3.93. The molecule has 0 spiro atoms. The van der Waals surface area contributed by atoms with Gasteiger partial charge in [-0.15, -0.1) is 0 Å². The summed E-state index contributed by atoms with van der Waals surface area (Å²) in [6.07, 6.45) is -4.59. The minimum Gasteiger partial charge on any atom is -0.379 e. The number of rotatable bonds is 4. The van der Waals surface area contributed by atoms with Crippen LogP contribution in [0.1, 0.15) is 27.7 Å². The van der Waals surface area contributed by atoms with Crippen molar-refractivity contribution in [1.82, 2.24) is 4.90 Å². The zero-order valence-electron chi connectivity index (χ0n) is 9.34. The largest absolute Gasteiger partial charge is 0.418 e. The molecule has 0 radical (unpaired) electrons. The average molecular weight is 272 g/mol. The molecule has 0 saturated heterocycles. The Labute approximate surface area is 98.8 Å². The van der Waals surface area contributed by atoms with Gasteiger partial charge in [0, 0.05) is 22.5 Å². The minimum absolute atomic E-state index is 0. The van der Waals surface area contributed by atoms with E-state index in [1.54, 1.807) is 18.7 Å². The van der Waals surface area contributed by atoms with Crippen molar-refractivity contribution in [3.05, 3.63) is 0 Å². The van der Waals surface area contributed by atoms with Crippen molar-refractivity contribution in [1.29, 1.82) is 0 Å². The van der Waals surface area contributed by atoms with Crippen LogP contribution in [0.3, 0.4) is 0 Å². The monoisotopic (exact) mass is 271 g/mol. The van der Waals surface area contributed by atoms with Gasteiger partial charge in [-0.05, 0) is 26.9 Å². The third-order valence-corrected chi connectivity index (χ3v) is 2.75. The Morgan fingerprint density at radius 1 is 1.20 bits per heavy atom. The molecule has 15 heavy (non-hydrogen) atoms. The topological polar surface area (TPSA) is 23.5 Å². The van der Waals surface area contributed by atoms with Gasteiger partial charge in [0.15, 0.2) is 5.60 Å². The van der Waals surface area contributed by atoms with Gasteiger partial charge in [-0.1, -0.05) is 13.8 Å². The summed E-state index contributed by atoms with van der Waals surface area (Å²) in [6, 6.07) is -0.933. The summed E-state index contributed by atoms with van der Waals surface area (Å²) < 4.78 is 37.3. The van der Waals surface area contributed by atoms with Gasteiger partial charge in [-0.3, -0.25) is 4.90 Å². The van der Waals surface area contributed by atoms with Gasteiger partial charge in [0.1, 0.15) is 0 Å². The van der Waals surface area contributed by atoms with E-state index < -0.39 is 17.8 Å². The number of halogens is 3. The van der Waals surface area contributed by atoms with Crippen molar-refractivity contribution in [2.45, 2.75) is 45.5 Å². The predicted octanol–water partition coefficient (Wildman–Crippen LogP) is 2.03. The molecule has 0 saturated carbocycles. The van der Waals surface area contributed by atoms with E-state index in [2.05, 4.69) is 0 Å². The number of hydrogen-bond acceptors (Lipinski definition) is 2. The van der Waals surface area contributed by atoms with Gasteiger partial charge >= 0.3 is 6.18 Å². The number of alkyl halides is 3. The Kier molecular flexibility index (Phi) is 7.12. The molecular formula is C9H18F3NNiO. The predicted molar refractivity (Wildman–Crippen MR) is 49.1 cm³/mol. The van der Waals surface area contributed by atoms with Crippen LogP contribution in [0.25, 0.3) is 0 Å². The Hall–Kier alpha value is 0.204. The first-order chi connectivity index (χ1) is 6.18. The van der Waals surface area contributed by atoms with Crippen LogP contribution in [0, 0.1) is 0 Å². The van der Waals surface area contributed by atoms with Crippen molar-refractivity contribution < 1.29 is 34.8 Å². The van der Waals surface area contributed by atoms with E-state index in [1.807, 2.05) is 0 Å². The molecule has 0 amide bonds. The molecule has 0 aliphatic heterocycles. The first kappa shape index (κ1) is 17.6. The molecule has 0 bridgehead atoms. The summed E-state index contributed by atoms with van der Waals surface area (Å²) in [6.45, 7) is 6.73. The van der Waals surface area contributed by atoms with Gasteiger partial charge in [-0.25, -0.2) is 0 Å². The second kappa shape index (κ2) is 6.07. The van der Waals surface area contributed by atoms with Gasteiger partial charge < -0.3 is 5.11 Å². The first-order valence-electron chi connectivity index (χ1n) is 4.71. The van der Waals surface area contributed by atoms with E-state index in [1.165, 1.54) is 6.92 Å². The zero-order chi connectivity index (χ0) is 11.6. The summed E-state index contributed by atoms with van der Waals surface area (Å²) in [5.41, 5.74) is -2.65. The van der Waals surface area contributed by atoms with E-state index >= 15 is 0 Å². The second-order valence-electron chi connectivity index (χ2n) is 3.54. The number of aliphatic hydroxyl groups is 1. The second-order valence-corrected chi connectivity index (χ2v) is 3.54. The molecule has 2 atom stereocenters. The maximum atomic E-state index is 12.4. The molecule has 0 aliphatic rings. The van der Waals surface area contributed by atoms with Crippen LogP contribution in [-0.4, -0.2) is 40.9 Å². The molecule has 0 aromatic heterocycles. The average Bonchev–Trinajstić information content (AvgIpc) is 2.04. The third-order valence-electron chi connectivity index (χ3n) is 2.75. The molecule has 0 aromatic rings. The van der Waals surface area contributed by atoms with Gasteiger partial charge in [0.2, 0.25) is 0 Å². The van der Waals surface area contributed by atoms with Gasteiger partial charge in [0.25, 0.3) is 0 Å². The van der Waals surface area contributed by atoms with Crippen LogP contribution in [0.2, 0.25) is 0 Å². The fraction of sp³-hybridized carbons (Fsp3) is 1.00. The number of nitrogens with zero attached hydrogens (tertiary/aromatic N) is 1. The quantitative estimate of drug-likeness (QED) is 0.791. The molecular weight excluding hydrogens is 254 g/mol. The van der Waals surface area contributed by atoms with Crippen molar-refractivity contribution in [3.8, 4) is 0 Å². The van der Waals surface area contributed by atoms with E-state index in [0.717, 1.165) is 6.92 Å². The zero-order valence-corrected chi connectivity index (χ0v) is 10.3. The molecule has 0 aromatic carbocycles. The molecule has 0 rings (SSSR count). The van der Waals surface area contributed by atoms with Gasteiger partial charge in [0.05, 0.1) is 0 Å². The van der Waals surface area contributed by atoms with Crippen molar-refractivity contribution >= 4 is 0 Å². The summed E-state index contributed by atoms with van der Waals surface area (Å²) in [5.74, 6) is 0. The molecule has 1 N–H and O–H groups in total. The van der Waals surface area contributed by atoms with E-state index in [-0.39, 0.29) is 16.5 Å². The molecule has 0 fully saturated rings. The van der Waals surface area contributed by atoms with Crippen LogP contribution in [-0.2, 0) is 16.5 Å². The Morgan fingerprint density at radius 3 is 1.73 bits per heavy atom. The Morgan fingerprint density at radius 2 is 1.53 bits per heavy atom. The number of hydrogen-bond donors (Lipinski definition) is 1. The SMILES string of the molecule is CCN(CC)C(C)C(C)(O)C(F)(F)F.[Ni]. The summed E-state index contributed by atoms with van der Waals surface area (Å²) in [5, 5.41) is 9.39. The van der Waals surface area contributed by atoms with Crippen LogP contribution >= 0.6 is 0 Å². The van der Waals surface area contributed by atoms with Crippen LogP contribution in [0.5, 0.6) is 0 Å². The van der Waals surface area contributed by atoms with Crippen molar-refractivity contribution in [3.63, 3.8) is 0 Å². The molecule has 6 heteroatoms. The number of likely N-dealkylation sites (N-methyl/N-ethyl adjacent to an activating group) is 1. The van der Waals surface area contributed by atoms with Crippen molar-refractivity contribution in [2.75, 3.05) is 13.1 Å². The maximum absolute atomic E-state index is 12.4. The Balaban J connectivity index is 0. The van der Waals surface area contributed by atoms with Crippen molar-refractivity contribution in [2.24, 2.45) is 0 Å². The molecule has 0 heterocycles. The maximum Gasteiger partial charge on any atom is 0.418 e. The summed E-state index contributed by atoms with van der Waals surface area (Å²) in [7, 11) is 0. The summed E-state index contributed by atoms with van der Waals surface area (Å²) >= 11 is 0. The fourth-order valence-corrected chi connectivity index (χ4v) is 1.36. The molecule has 0 aliphatic carbocycles. The smallest absolute Gasteiger partial charge is 0.379 e. The van der Waals surface area contributed by atoms with E-state index in [9.17, 15) is 18.3 Å². The molecule has 2 nitrogen and oxygen atoms in total. The Bertz CT molecular complexity index is 181. The van der Waals surface area contributed by atoms with Crippen LogP contribution in [0.4, 0.5) is 13.2 Å². The first-order valence-corrected chi connectivity index (χ1v) is 4.71. The molecule has 96 valence electrons. The van der Waals surface area contributed by atoms with Crippen LogP contribution < -0.4 is 0 Å². The van der Waals surface area contributed by atoms with Gasteiger partial charge in [-0.2, -0.15) is 13.2 Å².